The van der Waals surface area contributed by atoms with Gasteiger partial charge in [0, 0.05) is 0 Å². The fourth-order valence-corrected chi connectivity index (χ4v) is 1.55. The smallest absolute Gasteiger partial charge is 0.321 e. The van der Waals surface area contributed by atoms with Gasteiger partial charge in [0.15, 0.2) is 0 Å². The Morgan fingerprint density at radius 3 is 2.62 bits per heavy atom. The van der Waals surface area contributed by atoms with E-state index < -0.39 is 12.0 Å². The van der Waals surface area contributed by atoms with Crippen LogP contribution >= 0.6 is 0 Å². The van der Waals surface area contributed by atoms with Crippen molar-refractivity contribution in [1.29, 1.82) is 0 Å². The number of aliphatic carboxylic acids is 1. The van der Waals surface area contributed by atoms with Crippen LogP contribution in [-0.4, -0.2) is 23.7 Å². The quantitative estimate of drug-likeness (QED) is 0.693. The molecule has 0 saturated heterocycles. The van der Waals surface area contributed by atoms with Crippen molar-refractivity contribution in [2.45, 2.75) is 32.2 Å². The molecule has 1 aromatic carbocycles. The fraction of sp³-hybridized carbons (Fsp3) is 0.462. The summed E-state index contributed by atoms with van der Waals surface area (Å²) in [6.07, 6.45) is 2.63. The molecular weight excluding hydrogens is 202 g/mol. The van der Waals surface area contributed by atoms with Gasteiger partial charge >= 0.3 is 5.97 Å². The van der Waals surface area contributed by atoms with Gasteiger partial charge in [-0.15, -0.1) is 0 Å². The highest BCUT2D eigenvalue weighted by Crippen LogP contribution is 2.03. The maximum atomic E-state index is 11.0. The van der Waals surface area contributed by atoms with Crippen molar-refractivity contribution in [2.24, 2.45) is 0 Å². The molecule has 1 aromatic rings. The number of hydrogen-bond acceptors (Lipinski definition) is 2. The number of rotatable bonds is 7. The van der Waals surface area contributed by atoms with Crippen LogP contribution in [0.15, 0.2) is 30.3 Å². The zero-order valence-corrected chi connectivity index (χ0v) is 9.65. The van der Waals surface area contributed by atoms with Gasteiger partial charge in [-0.3, -0.25) is 4.79 Å². The maximum Gasteiger partial charge on any atom is 0.321 e. The van der Waals surface area contributed by atoms with Crippen molar-refractivity contribution >= 4 is 5.97 Å². The largest absolute Gasteiger partial charge is 0.480 e. The fourth-order valence-electron chi connectivity index (χ4n) is 1.55. The molecule has 0 saturated carbocycles. The molecule has 0 spiro atoms. The zero-order chi connectivity index (χ0) is 11.8. The number of nitrogens with one attached hydrogen (secondary N) is 1. The number of hydrogen-bond donors (Lipinski definition) is 2. The lowest BCUT2D eigenvalue weighted by Crippen LogP contribution is -2.39. The number of unbranched alkanes of at least 4 members (excludes halogenated alkanes) is 1. The van der Waals surface area contributed by atoms with Crippen molar-refractivity contribution < 1.29 is 9.90 Å². The Hall–Kier alpha value is -1.35. The molecule has 0 aliphatic rings. The van der Waals surface area contributed by atoms with Crippen molar-refractivity contribution in [1.82, 2.24) is 5.32 Å². The third-order valence-electron chi connectivity index (χ3n) is 2.50. The van der Waals surface area contributed by atoms with Gasteiger partial charge < -0.3 is 10.4 Å². The summed E-state index contributed by atoms with van der Waals surface area (Å²) < 4.78 is 0. The van der Waals surface area contributed by atoms with E-state index in [1.54, 1.807) is 0 Å². The van der Waals surface area contributed by atoms with Crippen LogP contribution in [0.3, 0.4) is 0 Å². The molecular formula is C13H19NO2. The van der Waals surface area contributed by atoms with Gasteiger partial charge in [0.2, 0.25) is 0 Å². The van der Waals surface area contributed by atoms with Crippen LogP contribution in [-0.2, 0) is 11.2 Å². The summed E-state index contributed by atoms with van der Waals surface area (Å²) in [7, 11) is 0. The van der Waals surface area contributed by atoms with Crippen LogP contribution in [0.2, 0.25) is 0 Å². The lowest BCUT2D eigenvalue weighted by Gasteiger charge is -2.14. The van der Waals surface area contributed by atoms with E-state index in [4.69, 9.17) is 5.11 Å². The first-order chi connectivity index (χ1) is 7.74. The number of carboxylic acid groups (broad SMARTS) is 1. The first kappa shape index (κ1) is 12.7. The van der Waals surface area contributed by atoms with Gasteiger partial charge in [-0.05, 0) is 24.9 Å². The summed E-state index contributed by atoms with van der Waals surface area (Å²) in [5.74, 6) is -0.778. The first-order valence-corrected chi connectivity index (χ1v) is 5.74. The summed E-state index contributed by atoms with van der Waals surface area (Å²) in [5.41, 5.74) is 1.05. The molecule has 1 rings (SSSR count). The van der Waals surface area contributed by atoms with E-state index >= 15 is 0 Å². The minimum Gasteiger partial charge on any atom is -0.480 e. The summed E-state index contributed by atoms with van der Waals surface area (Å²) in [6, 6.07) is 9.23. The topological polar surface area (TPSA) is 49.3 Å². The van der Waals surface area contributed by atoms with Crippen LogP contribution in [0.5, 0.6) is 0 Å². The van der Waals surface area contributed by atoms with Crippen LogP contribution in [0.25, 0.3) is 0 Å². The molecule has 2 N–H and O–H groups in total. The molecule has 1 unspecified atom stereocenters. The van der Waals surface area contributed by atoms with Gasteiger partial charge in [0.1, 0.15) is 6.04 Å². The van der Waals surface area contributed by atoms with Crippen molar-refractivity contribution in [3.8, 4) is 0 Å². The first-order valence-electron chi connectivity index (χ1n) is 5.74. The number of carboxylic acids is 1. The molecule has 16 heavy (non-hydrogen) atoms. The maximum absolute atomic E-state index is 11.0. The van der Waals surface area contributed by atoms with Gasteiger partial charge in [-0.2, -0.15) is 0 Å². The van der Waals surface area contributed by atoms with Crippen molar-refractivity contribution in [3.05, 3.63) is 35.9 Å². The third kappa shape index (κ3) is 4.45. The van der Waals surface area contributed by atoms with Crippen molar-refractivity contribution in [2.75, 3.05) is 6.54 Å². The van der Waals surface area contributed by atoms with Crippen LogP contribution in [0.1, 0.15) is 25.3 Å². The van der Waals surface area contributed by atoms with Gasteiger partial charge in [-0.25, -0.2) is 0 Å². The summed E-state index contributed by atoms with van der Waals surface area (Å²) in [4.78, 5) is 11.0. The Labute approximate surface area is 96.5 Å². The van der Waals surface area contributed by atoms with Gasteiger partial charge in [0.25, 0.3) is 0 Å². The van der Waals surface area contributed by atoms with E-state index in [0.717, 1.165) is 24.9 Å². The lowest BCUT2D eigenvalue weighted by atomic mass is 10.1. The van der Waals surface area contributed by atoms with Gasteiger partial charge in [-0.1, -0.05) is 43.7 Å². The monoisotopic (exact) mass is 221 g/mol. The third-order valence-corrected chi connectivity index (χ3v) is 2.50. The molecule has 3 heteroatoms. The summed E-state index contributed by atoms with van der Waals surface area (Å²) in [5, 5.41) is 12.1. The Morgan fingerprint density at radius 2 is 2.06 bits per heavy atom. The summed E-state index contributed by atoms with van der Waals surface area (Å²) >= 11 is 0. The average Bonchev–Trinajstić information content (AvgIpc) is 2.29. The molecule has 3 nitrogen and oxygen atoms in total. The van der Waals surface area contributed by atoms with E-state index in [2.05, 4.69) is 12.2 Å². The highest BCUT2D eigenvalue weighted by molar-refractivity contribution is 5.73. The van der Waals surface area contributed by atoms with Gasteiger partial charge in [0.05, 0.1) is 0 Å². The highest BCUT2D eigenvalue weighted by Gasteiger charge is 2.16. The minimum atomic E-state index is -0.778. The number of benzene rings is 1. The van der Waals surface area contributed by atoms with E-state index in [1.165, 1.54) is 0 Å². The standard InChI is InChI=1S/C13H19NO2/c1-2-3-9-14-12(13(15)16)10-11-7-5-4-6-8-11/h4-8,12,14H,2-3,9-10H2,1H3,(H,15,16). The lowest BCUT2D eigenvalue weighted by molar-refractivity contribution is -0.139. The minimum absolute atomic E-state index is 0.478. The molecule has 0 amide bonds. The molecule has 0 radical (unpaired) electrons. The molecule has 0 heterocycles. The molecule has 0 fully saturated rings. The zero-order valence-electron chi connectivity index (χ0n) is 9.65. The van der Waals surface area contributed by atoms with E-state index in [-0.39, 0.29) is 0 Å². The molecule has 0 bridgehead atoms. The second kappa shape index (κ2) is 7.01. The average molecular weight is 221 g/mol. The second-order valence-electron chi connectivity index (χ2n) is 3.89. The Balaban J connectivity index is 2.48. The predicted molar refractivity (Wildman–Crippen MR) is 64.5 cm³/mol. The Kier molecular flexibility index (Phi) is 5.57. The van der Waals surface area contributed by atoms with E-state index in [0.29, 0.717) is 6.42 Å². The SMILES string of the molecule is CCCCNC(Cc1ccccc1)C(=O)O. The normalized spacial score (nSPS) is 12.3. The molecule has 88 valence electrons. The van der Waals surface area contributed by atoms with E-state index in [1.807, 2.05) is 30.3 Å². The molecule has 0 aliphatic heterocycles. The van der Waals surface area contributed by atoms with Crippen LogP contribution < -0.4 is 5.32 Å². The Morgan fingerprint density at radius 1 is 1.38 bits per heavy atom. The Bertz CT molecular complexity index is 311. The highest BCUT2D eigenvalue weighted by atomic mass is 16.4. The molecule has 1 atom stereocenters. The van der Waals surface area contributed by atoms with Crippen molar-refractivity contribution in [3.63, 3.8) is 0 Å². The van der Waals surface area contributed by atoms with Crippen LogP contribution in [0, 0.1) is 0 Å². The molecule has 0 aliphatic carbocycles. The summed E-state index contributed by atoms with van der Waals surface area (Å²) in [6.45, 7) is 2.86. The number of carbonyl (C=O) groups is 1. The predicted octanol–water partition coefficient (Wildman–Crippen LogP) is 2.07. The second-order valence-corrected chi connectivity index (χ2v) is 3.89. The van der Waals surface area contributed by atoms with E-state index in [9.17, 15) is 4.79 Å². The van der Waals surface area contributed by atoms with Crippen LogP contribution in [0.4, 0.5) is 0 Å². The molecule has 0 aromatic heterocycles.